The van der Waals surface area contributed by atoms with Crippen molar-refractivity contribution in [3.8, 4) is 0 Å². The van der Waals surface area contributed by atoms with Gasteiger partial charge in [-0.05, 0) is 24.4 Å². The Morgan fingerprint density at radius 1 is 1.64 bits per heavy atom. The molecule has 0 unspecified atom stereocenters. The first kappa shape index (κ1) is 8.55. The number of thiophene rings is 1. The average molecular weight is 191 g/mol. The number of nitrogens with one attached hydrogen (secondary N) is 1. The van der Waals surface area contributed by atoms with Crippen molar-refractivity contribution in [2.45, 2.75) is 6.92 Å². The van der Waals surface area contributed by atoms with Crippen LogP contribution in [-0.4, -0.2) is 14.2 Å². The predicted octanol–water partition coefficient (Wildman–Crippen LogP) is 1.51. The van der Waals surface area contributed by atoms with Gasteiger partial charge in [0.05, 0.1) is 5.75 Å². The van der Waals surface area contributed by atoms with E-state index in [2.05, 4.69) is 4.72 Å². The molecule has 0 bridgehead atoms. The summed E-state index contributed by atoms with van der Waals surface area (Å²) in [5.41, 5.74) is 0. The Morgan fingerprint density at radius 2 is 2.36 bits per heavy atom. The van der Waals surface area contributed by atoms with Crippen LogP contribution in [-0.2, 0) is 10.0 Å². The molecule has 0 atom stereocenters. The van der Waals surface area contributed by atoms with Gasteiger partial charge in [-0.1, -0.05) is 0 Å². The van der Waals surface area contributed by atoms with Gasteiger partial charge in [0.25, 0.3) is 0 Å². The smallest absolute Gasteiger partial charge is 0.233 e. The molecule has 1 rings (SSSR count). The van der Waals surface area contributed by atoms with Crippen LogP contribution in [0.3, 0.4) is 0 Å². The fraction of sp³-hybridized carbons (Fsp3) is 0.333. The largest absolute Gasteiger partial charge is 0.274 e. The maximum atomic E-state index is 11.0. The second-order valence-corrected chi connectivity index (χ2v) is 4.94. The monoisotopic (exact) mass is 191 g/mol. The van der Waals surface area contributed by atoms with Gasteiger partial charge in [-0.2, -0.15) is 0 Å². The van der Waals surface area contributed by atoms with Crippen molar-refractivity contribution in [2.75, 3.05) is 10.5 Å². The number of rotatable bonds is 3. The summed E-state index contributed by atoms with van der Waals surface area (Å²) >= 11 is 1.37. The molecule has 62 valence electrons. The van der Waals surface area contributed by atoms with E-state index in [0.29, 0.717) is 5.00 Å². The molecule has 0 aliphatic carbocycles. The molecule has 0 saturated carbocycles. The van der Waals surface area contributed by atoms with Gasteiger partial charge in [-0.15, -0.1) is 11.3 Å². The Labute approximate surface area is 70.1 Å². The first-order valence-corrected chi connectivity index (χ1v) is 5.71. The molecular weight excluding hydrogens is 182 g/mol. The third kappa shape index (κ3) is 2.51. The molecule has 0 aliphatic heterocycles. The molecule has 0 spiro atoms. The van der Waals surface area contributed by atoms with Crippen LogP contribution in [0.5, 0.6) is 0 Å². The standard InChI is InChI=1S/C6H9NO2S2/c1-2-11(8,9)7-6-4-3-5-10-6/h3-5,7H,2H2,1H3. The van der Waals surface area contributed by atoms with Crippen LogP contribution in [0.2, 0.25) is 0 Å². The third-order valence-electron chi connectivity index (χ3n) is 1.16. The molecule has 11 heavy (non-hydrogen) atoms. The molecule has 0 saturated heterocycles. The van der Waals surface area contributed by atoms with E-state index >= 15 is 0 Å². The molecule has 1 N–H and O–H groups in total. The Kier molecular flexibility index (Phi) is 2.51. The van der Waals surface area contributed by atoms with E-state index in [9.17, 15) is 8.42 Å². The minimum Gasteiger partial charge on any atom is -0.274 e. The van der Waals surface area contributed by atoms with E-state index in [-0.39, 0.29) is 5.75 Å². The van der Waals surface area contributed by atoms with E-state index < -0.39 is 10.0 Å². The van der Waals surface area contributed by atoms with Gasteiger partial charge >= 0.3 is 0 Å². The lowest BCUT2D eigenvalue weighted by Crippen LogP contribution is -2.13. The number of hydrogen-bond donors (Lipinski definition) is 1. The zero-order valence-electron chi connectivity index (χ0n) is 6.07. The first-order valence-electron chi connectivity index (χ1n) is 3.18. The van der Waals surface area contributed by atoms with Gasteiger partial charge in [0, 0.05) is 0 Å². The van der Waals surface area contributed by atoms with Crippen molar-refractivity contribution in [3.63, 3.8) is 0 Å². The summed E-state index contributed by atoms with van der Waals surface area (Å²) in [6.45, 7) is 1.61. The van der Waals surface area contributed by atoms with Gasteiger partial charge in [-0.3, -0.25) is 4.72 Å². The van der Waals surface area contributed by atoms with Gasteiger partial charge < -0.3 is 0 Å². The summed E-state index contributed by atoms with van der Waals surface area (Å²) in [6, 6.07) is 3.54. The lowest BCUT2D eigenvalue weighted by atomic mass is 10.6. The van der Waals surface area contributed by atoms with E-state index in [1.807, 2.05) is 5.38 Å². The molecule has 0 amide bonds. The SMILES string of the molecule is CCS(=O)(=O)Nc1cccs1. The van der Waals surface area contributed by atoms with Crippen molar-refractivity contribution < 1.29 is 8.42 Å². The van der Waals surface area contributed by atoms with E-state index in [0.717, 1.165) is 0 Å². The number of hydrogen-bond acceptors (Lipinski definition) is 3. The predicted molar refractivity (Wildman–Crippen MR) is 47.4 cm³/mol. The van der Waals surface area contributed by atoms with Crippen LogP contribution in [0.4, 0.5) is 5.00 Å². The van der Waals surface area contributed by atoms with E-state index in [1.54, 1.807) is 19.1 Å². The van der Waals surface area contributed by atoms with Gasteiger partial charge in [0.15, 0.2) is 0 Å². The summed E-state index contributed by atoms with van der Waals surface area (Å²) < 4.78 is 24.4. The van der Waals surface area contributed by atoms with Gasteiger partial charge in [0.2, 0.25) is 10.0 Å². The third-order valence-corrected chi connectivity index (χ3v) is 3.36. The number of sulfonamides is 1. The van der Waals surface area contributed by atoms with E-state index in [1.165, 1.54) is 11.3 Å². The summed E-state index contributed by atoms with van der Waals surface area (Å²) in [6.07, 6.45) is 0. The van der Waals surface area contributed by atoms with Crippen LogP contribution in [0.1, 0.15) is 6.92 Å². The molecule has 0 radical (unpaired) electrons. The molecule has 0 fully saturated rings. The highest BCUT2D eigenvalue weighted by molar-refractivity contribution is 7.92. The highest BCUT2D eigenvalue weighted by atomic mass is 32.2. The Hall–Kier alpha value is -0.550. The molecule has 5 heteroatoms. The highest BCUT2D eigenvalue weighted by Crippen LogP contribution is 2.16. The topological polar surface area (TPSA) is 46.2 Å². The van der Waals surface area contributed by atoms with Crippen molar-refractivity contribution in [1.82, 2.24) is 0 Å². The summed E-state index contributed by atoms with van der Waals surface area (Å²) in [7, 11) is -3.08. The Bertz CT molecular complexity index is 301. The van der Waals surface area contributed by atoms with E-state index in [4.69, 9.17) is 0 Å². The fourth-order valence-corrected chi connectivity index (χ4v) is 2.12. The minimum absolute atomic E-state index is 0.116. The van der Waals surface area contributed by atoms with Gasteiger partial charge in [0.1, 0.15) is 5.00 Å². The summed E-state index contributed by atoms with van der Waals surface area (Å²) in [5, 5.41) is 2.50. The van der Waals surface area contributed by atoms with Crippen LogP contribution < -0.4 is 4.72 Å². The number of anilines is 1. The zero-order valence-corrected chi connectivity index (χ0v) is 7.71. The molecular formula is C6H9NO2S2. The summed E-state index contributed by atoms with van der Waals surface area (Å²) in [4.78, 5) is 0. The quantitative estimate of drug-likeness (QED) is 0.787. The molecule has 1 heterocycles. The minimum atomic E-state index is -3.08. The Morgan fingerprint density at radius 3 is 2.82 bits per heavy atom. The first-order chi connectivity index (χ1) is 5.14. The molecule has 0 aliphatic rings. The van der Waals surface area contributed by atoms with Crippen LogP contribution in [0.15, 0.2) is 17.5 Å². The Balaban J connectivity index is 2.72. The summed E-state index contributed by atoms with van der Waals surface area (Å²) in [5.74, 6) is 0.116. The second-order valence-electron chi connectivity index (χ2n) is 1.98. The maximum Gasteiger partial charge on any atom is 0.233 e. The van der Waals surface area contributed by atoms with Crippen LogP contribution in [0, 0.1) is 0 Å². The maximum absolute atomic E-state index is 11.0. The molecule has 1 aromatic rings. The normalized spacial score (nSPS) is 11.4. The molecule has 0 aromatic carbocycles. The fourth-order valence-electron chi connectivity index (χ4n) is 0.562. The van der Waals surface area contributed by atoms with Crippen molar-refractivity contribution in [2.24, 2.45) is 0 Å². The molecule has 3 nitrogen and oxygen atoms in total. The van der Waals surface area contributed by atoms with Crippen LogP contribution in [0.25, 0.3) is 0 Å². The zero-order chi connectivity index (χ0) is 8.32. The lowest BCUT2D eigenvalue weighted by molar-refractivity contribution is 0.602. The average Bonchev–Trinajstić information content (AvgIpc) is 2.39. The van der Waals surface area contributed by atoms with Gasteiger partial charge in [-0.25, -0.2) is 8.42 Å². The van der Waals surface area contributed by atoms with Crippen LogP contribution >= 0.6 is 11.3 Å². The second kappa shape index (κ2) is 3.23. The molecule has 1 aromatic heterocycles. The van der Waals surface area contributed by atoms with Crippen molar-refractivity contribution >= 4 is 26.4 Å². The van der Waals surface area contributed by atoms with Crippen molar-refractivity contribution in [3.05, 3.63) is 17.5 Å². The lowest BCUT2D eigenvalue weighted by Gasteiger charge is -2.00. The highest BCUT2D eigenvalue weighted by Gasteiger charge is 2.05. The van der Waals surface area contributed by atoms with Crippen molar-refractivity contribution in [1.29, 1.82) is 0 Å².